The SMILES string of the molecule is CS(=O)(=O)NCC1(c2ccc(N3CCC[C@@H](NC(=O)Nc4ccc(OC(F)F)nc4)C3=O)cc2)CC1. The molecule has 2 aliphatic rings. The van der Waals surface area contributed by atoms with Crippen molar-refractivity contribution in [3.05, 3.63) is 48.2 Å². The van der Waals surface area contributed by atoms with E-state index in [0.717, 1.165) is 24.7 Å². The lowest BCUT2D eigenvalue weighted by Gasteiger charge is -2.33. The predicted molar refractivity (Wildman–Crippen MR) is 129 cm³/mol. The summed E-state index contributed by atoms with van der Waals surface area (Å²) < 4.78 is 54.1. The highest BCUT2D eigenvalue weighted by Gasteiger charge is 2.44. The van der Waals surface area contributed by atoms with Crippen molar-refractivity contribution in [2.75, 3.05) is 29.6 Å². The van der Waals surface area contributed by atoms with Crippen LogP contribution in [-0.2, 0) is 20.2 Å². The van der Waals surface area contributed by atoms with Gasteiger partial charge in [-0.25, -0.2) is 22.9 Å². The van der Waals surface area contributed by atoms with Gasteiger partial charge in [-0.2, -0.15) is 8.78 Å². The van der Waals surface area contributed by atoms with Crippen LogP contribution in [0.25, 0.3) is 0 Å². The van der Waals surface area contributed by atoms with E-state index in [1.165, 1.54) is 18.3 Å². The van der Waals surface area contributed by atoms with Crippen molar-refractivity contribution in [1.29, 1.82) is 0 Å². The number of anilines is 2. The van der Waals surface area contributed by atoms with E-state index in [-0.39, 0.29) is 22.9 Å². The molecule has 0 unspecified atom stereocenters. The number of hydrogen-bond donors (Lipinski definition) is 3. The molecule has 13 heteroatoms. The molecule has 0 bridgehead atoms. The van der Waals surface area contributed by atoms with Crippen LogP contribution < -0.4 is 25.0 Å². The van der Waals surface area contributed by atoms with Crippen molar-refractivity contribution in [2.45, 2.75) is 43.8 Å². The van der Waals surface area contributed by atoms with Crippen LogP contribution >= 0.6 is 0 Å². The normalized spacial score (nSPS) is 19.2. The summed E-state index contributed by atoms with van der Waals surface area (Å²) in [4.78, 5) is 30.8. The lowest BCUT2D eigenvalue weighted by atomic mass is 9.95. The molecule has 3 amide bonds. The van der Waals surface area contributed by atoms with Crippen molar-refractivity contribution in [2.24, 2.45) is 0 Å². The fraction of sp³-hybridized carbons (Fsp3) is 0.435. The van der Waals surface area contributed by atoms with Crippen LogP contribution in [0, 0.1) is 0 Å². The number of carbonyl (C=O) groups is 2. The first-order valence-corrected chi connectivity index (χ1v) is 13.3. The van der Waals surface area contributed by atoms with Gasteiger partial charge >= 0.3 is 12.6 Å². The number of rotatable bonds is 9. The molecule has 10 nitrogen and oxygen atoms in total. The van der Waals surface area contributed by atoms with Gasteiger partial charge in [0, 0.05) is 30.3 Å². The highest BCUT2D eigenvalue weighted by molar-refractivity contribution is 7.88. The Kier molecular flexibility index (Phi) is 7.41. The second-order valence-electron chi connectivity index (χ2n) is 8.97. The first-order valence-electron chi connectivity index (χ1n) is 11.4. The molecule has 36 heavy (non-hydrogen) atoms. The van der Waals surface area contributed by atoms with Gasteiger partial charge in [-0.05, 0) is 49.4 Å². The van der Waals surface area contributed by atoms with E-state index < -0.39 is 28.7 Å². The number of ether oxygens (including phenoxy) is 1. The van der Waals surface area contributed by atoms with E-state index in [2.05, 4.69) is 25.1 Å². The van der Waals surface area contributed by atoms with Crippen LogP contribution in [0.5, 0.6) is 5.88 Å². The van der Waals surface area contributed by atoms with Crippen LogP contribution in [0.4, 0.5) is 25.0 Å². The summed E-state index contributed by atoms with van der Waals surface area (Å²) >= 11 is 0. The van der Waals surface area contributed by atoms with Crippen LogP contribution in [0.1, 0.15) is 31.2 Å². The Balaban J connectivity index is 1.35. The summed E-state index contributed by atoms with van der Waals surface area (Å²) in [6.07, 6.45) is 5.23. The molecule has 0 spiro atoms. The second kappa shape index (κ2) is 10.3. The van der Waals surface area contributed by atoms with E-state index in [1.54, 1.807) is 4.90 Å². The van der Waals surface area contributed by atoms with Crippen molar-refractivity contribution < 1.29 is 31.5 Å². The number of alkyl halides is 2. The number of urea groups is 1. The van der Waals surface area contributed by atoms with Crippen LogP contribution in [0.15, 0.2) is 42.6 Å². The Hall–Kier alpha value is -3.32. The number of benzene rings is 1. The summed E-state index contributed by atoms with van der Waals surface area (Å²) in [5, 5.41) is 5.18. The highest BCUT2D eigenvalue weighted by Crippen LogP contribution is 2.48. The first-order chi connectivity index (χ1) is 17.0. The van der Waals surface area contributed by atoms with E-state index in [1.807, 2.05) is 24.3 Å². The lowest BCUT2D eigenvalue weighted by molar-refractivity contribution is -0.121. The van der Waals surface area contributed by atoms with Crippen molar-refractivity contribution in [1.82, 2.24) is 15.0 Å². The van der Waals surface area contributed by atoms with Crippen LogP contribution in [0.2, 0.25) is 0 Å². The average Bonchev–Trinajstić information content (AvgIpc) is 3.61. The van der Waals surface area contributed by atoms with E-state index in [4.69, 9.17) is 0 Å². The molecular weight excluding hydrogens is 496 g/mol. The zero-order valence-corrected chi connectivity index (χ0v) is 20.4. The molecule has 1 saturated carbocycles. The Morgan fingerprint density at radius 3 is 2.53 bits per heavy atom. The minimum atomic E-state index is -3.28. The zero-order chi connectivity index (χ0) is 25.9. The number of amides is 3. The van der Waals surface area contributed by atoms with Gasteiger partial charge < -0.3 is 20.3 Å². The smallest absolute Gasteiger partial charge is 0.388 e. The number of nitrogens with one attached hydrogen (secondary N) is 3. The van der Waals surface area contributed by atoms with E-state index >= 15 is 0 Å². The molecule has 1 atom stereocenters. The third kappa shape index (κ3) is 6.46. The number of sulfonamides is 1. The third-order valence-corrected chi connectivity index (χ3v) is 6.93. The molecular formula is C23H27F2N5O5S. The first kappa shape index (κ1) is 25.8. The number of hydrogen-bond acceptors (Lipinski definition) is 6. The maximum atomic E-state index is 13.1. The molecule has 194 valence electrons. The monoisotopic (exact) mass is 523 g/mol. The molecule has 1 aromatic carbocycles. The number of nitrogens with zero attached hydrogens (tertiary/aromatic N) is 2. The van der Waals surface area contributed by atoms with Crippen LogP contribution in [-0.4, -0.2) is 57.3 Å². The maximum Gasteiger partial charge on any atom is 0.388 e. The van der Waals surface area contributed by atoms with Crippen LogP contribution in [0.3, 0.4) is 0 Å². The Labute approximate surface area is 207 Å². The summed E-state index contributed by atoms with van der Waals surface area (Å²) in [7, 11) is -3.28. The highest BCUT2D eigenvalue weighted by atomic mass is 32.2. The quantitative estimate of drug-likeness (QED) is 0.463. The second-order valence-corrected chi connectivity index (χ2v) is 10.8. The minimum Gasteiger partial charge on any atom is -0.417 e. The van der Waals surface area contributed by atoms with Gasteiger partial charge in [0.05, 0.1) is 18.1 Å². The summed E-state index contributed by atoms with van der Waals surface area (Å²) in [5.74, 6) is -0.526. The minimum absolute atomic E-state index is 0.214. The topological polar surface area (TPSA) is 130 Å². The van der Waals surface area contributed by atoms with E-state index in [9.17, 15) is 26.8 Å². The van der Waals surface area contributed by atoms with E-state index in [0.29, 0.717) is 31.6 Å². The fourth-order valence-electron chi connectivity index (χ4n) is 4.19. The molecule has 2 aromatic rings. The number of piperidine rings is 1. The van der Waals surface area contributed by atoms with Gasteiger partial charge in [0.2, 0.25) is 21.8 Å². The Bertz CT molecular complexity index is 1200. The number of aromatic nitrogens is 1. The molecule has 0 radical (unpaired) electrons. The Morgan fingerprint density at radius 1 is 1.22 bits per heavy atom. The van der Waals surface area contributed by atoms with Gasteiger partial charge in [-0.15, -0.1) is 0 Å². The zero-order valence-electron chi connectivity index (χ0n) is 19.5. The van der Waals surface area contributed by atoms with Gasteiger partial charge in [-0.3, -0.25) is 4.79 Å². The summed E-state index contributed by atoms with van der Waals surface area (Å²) in [6.45, 7) is -2.15. The van der Waals surface area contributed by atoms with Crippen molar-refractivity contribution in [3.63, 3.8) is 0 Å². The average molecular weight is 524 g/mol. The maximum absolute atomic E-state index is 13.1. The molecule has 1 aromatic heterocycles. The summed E-state index contributed by atoms with van der Waals surface area (Å²) in [6, 6.07) is 8.71. The molecule has 4 rings (SSSR count). The standard InChI is InChI=1S/C23H27F2N5O5S/c1-36(33,34)27-14-23(10-11-23)15-4-7-17(8-5-15)30-12-2-3-18(20(30)31)29-22(32)28-16-6-9-19(26-13-16)35-21(24)25/h4-9,13,18,21,27H,2-3,10-12,14H2,1H3,(H2,28,29,32)/t18-/m1/s1. The molecule has 1 aliphatic heterocycles. The predicted octanol–water partition coefficient (Wildman–Crippen LogP) is 2.58. The molecule has 1 aliphatic carbocycles. The van der Waals surface area contributed by atoms with Gasteiger partial charge in [0.15, 0.2) is 0 Å². The van der Waals surface area contributed by atoms with Crippen molar-refractivity contribution >= 4 is 33.3 Å². The number of carbonyl (C=O) groups excluding carboxylic acids is 2. The molecule has 3 N–H and O–H groups in total. The van der Waals surface area contributed by atoms with Gasteiger partial charge in [0.25, 0.3) is 0 Å². The van der Waals surface area contributed by atoms with Gasteiger partial charge in [0.1, 0.15) is 6.04 Å². The molecule has 2 fully saturated rings. The molecule has 1 saturated heterocycles. The van der Waals surface area contributed by atoms with Gasteiger partial charge in [-0.1, -0.05) is 12.1 Å². The molecule has 2 heterocycles. The summed E-state index contributed by atoms with van der Waals surface area (Å²) in [5.41, 5.74) is 1.75. The lowest BCUT2D eigenvalue weighted by Crippen LogP contribution is -2.53. The third-order valence-electron chi connectivity index (χ3n) is 6.27. The number of halogens is 2. The number of pyridine rings is 1. The largest absolute Gasteiger partial charge is 0.417 e. The van der Waals surface area contributed by atoms with Crippen molar-refractivity contribution in [3.8, 4) is 5.88 Å². The Morgan fingerprint density at radius 2 is 1.94 bits per heavy atom. The fourth-order valence-corrected chi connectivity index (χ4v) is 4.73.